The second-order valence-corrected chi connectivity index (χ2v) is 5.76. The van der Waals surface area contributed by atoms with Gasteiger partial charge in [0.05, 0.1) is 5.60 Å². The van der Waals surface area contributed by atoms with Gasteiger partial charge in [-0.15, -0.1) is 0 Å². The fourth-order valence-corrected chi connectivity index (χ4v) is 2.84. The molecule has 2 aromatic rings. The zero-order valence-electron chi connectivity index (χ0n) is 12.1. The van der Waals surface area contributed by atoms with Crippen molar-refractivity contribution < 1.29 is 9.84 Å². The topological polar surface area (TPSA) is 65.6 Å². The maximum atomic E-state index is 12.1. The van der Waals surface area contributed by atoms with Crippen LogP contribution in [0.3, 0.4) is 0 Å². The zero-order valence-corrected chi connectivity index (χ0v) is 12.1. The maximum absolute atomic E-state index is 12.1. The van der Waals surface area contributed by atoms with Gasteiger partial charge in [-0.3, -0.25) is 4.79 Å². The minimum absolute atomic E-state index is 0.103. The summed E-state index contributed by atoms with van der Waals surface area (Å²) < 4.78 is 5.29. The van der Waals surface area contributed by atoms with Crippen LogP contribution in [0.15, 0.2) is 35.1 Å². The van der Waals surface area contributed by atoms with E-state index in [2.05, 4.69) is 4.98 Å². The number of aromatic nitrogens is 1. The number of nitrogens with one attached hydrogen (secondary N) is 1. The van der Waals surface area contributed by atoms with Crippen LogP contribution in [0, 0.1) is 0 Å². The number of aromatic amines is 1. The van der Waals surface area contributed by atoms with Crippen LogP contribution in [0.5, 0.6) is 0 Å². The number of nitrogens with zero attached hydrogens (tertiary/aromatic N) is 1. The number of aliphatic hydroxyl groups is 1. The highest BCUT2D eigenvalue weighted by atomic mass is 16.5. The molecule has 0 atom stereocenters. The van der Waals surface area contributed by atoms with Gasteiger partial charge in [0.25, 0.3) is 5.56 Å². The number of pyridine rings is 1. The van der Waals surface area contributed by atoms with Gasteiger partial charge in [0.15, 0.2) is 0 Å². The number of H-pyrrole nitrogens is 1. The minimum Gasteiger partial charge on any atom is -0.388 e. The van der Waals surface area contributed by atoms with Gasteiger partial charge in [-0.1, -0.05) is 18.2 Å². The zero-order chi connectivity index (χ0) is 14.9. The fourth-order valence-electron chi connectivity index (χ4n) is 2.84. The Bertz CT molecular complexity index is 689. The molecule has 0 saturated carbocycles. The Morgan fingerprint density at radius 2 is 2.05 bits per heavy atom. The third-order valence-electron chi connectivity index (χ3n) is 4.11. The molecule has 3 rings (SSSR count). The second kappa shape index (κ2) is 5.50. The number of benzene rings is 1. The largest absolute Gasteiger partial charge is 0.388 e. The molecular weight excluding hydrogens is 268 g/mol. The van der Waals surface area contributed by atoms with Gasteiger partial charge in [-0.25, -0.2) is 0 Å². The van der Waals surface area contributed by atoms with E-state index in [1.165, 1.54) is 0 Å². The van der Waals surface area contributed by atoms with Crippen molar-refractivity contribution in [1.29, 1.82) is 0 Å². The first-order chi connectivity index (χ1) is 10.1. The predicted molar refractivity (Wildman–Crippen MR) is 82.8 cm³/mol. The first-order valence-electron chi connectivity index (χ1n) is 7.21. The fraction of sp³-hybridized carbons (Fsp3) is 0.438. The van der Waals surface area contributed by atoms with Crippen LogP contribution in [0.25, 0.3) is 10.8 Å². The van der Waals surface area contributed by atoms with Crippen LogP contribution in [0.2, 0.25) is 0 Å². The molecule has 5 heteroatoms. The molecule has 0 radical (unpaired) electrons. The van der Waals surface area contributed by atoms with E-state index in [0.717, 1.165) is 11.2 Å². The first kappa shape index (κ1) is 14.1. The molecule has 21 heavy (non-hydrogen) atoms. The summed E-state index contributed by atoms with van der Waals surface area (Å²) in [5.41, 5.74) is -0.857. The normalized spacial score (nSPS) is 17.8. The summed E-state index contributed by atoms with van der Waals surface area (Å²) in [4.78, 5) is 16.9. The Morgan fingerprint density at radius 1 is 1.33 bits per heavy atom. The Hall–Kier alpha value is -1.85. The highest BCUT2D eigenvalue weighted by Gasteiger charge is 2.31. The summed E-state index contributed by atoms with van der Waals surface area (Å²) in [6, 6.07) is 9.44. The maximum Gasteiger partial charge on any atom is 0.257 e. The van der Waals surface area contributed by atoms with Gasteiger partial charge in [-0.2, -0.15) is 0 Å². The molecule has 0 spiro atoms. The molecule has 2 heterocycles. The van der Waals surface area contributed by atoms with Crippen LogP contribution in [-0.2, 0) is 4.74 Å². The van der Waals surface area contributed by atoms with Gasteiger partial charge in [0.2, 0.25) is 0 Å². The summed E-state index contributed by atoms with van der Waals surface area (Å²) in [7, 11) is 1.88. The molecule has 5 nitrogen and oxygen atoms in total. The van der Waals surface area contributed by atoms with E-state index in [0.29, 0.717) is 38.0 Å². The number of ether oxygens (including phenoxy) is 1. The van der Waals surface area contributed by atoms with Crippen LogP contribution < -0.4 is 10.5 Å². The molecule has 1 aliphatic heterocycles. The summed E-state index contributed by atoms with van der Waals surface area (Å²) >= 11 is 0. The summed E-state index contributed by atoms with van der Waals surface area (Å²) in [5, 5.41) is 12.2. The van der Waals surface area contributed by atoms with E-state index >= 15 is 0 Å². The molecule has 1 fully saturated rings. The number of anilines is 1. The van der Waals surface area contributed by atoms with Crippen molar-refractivity contribution in [3.8, 4) is 0 Å². The number of likely N-dealkylation sites (N-methyl/N-ethyl adjacent to an activating group) is 1. The third-order valence-corrected chi connectivity index (χ3v) is 4.11. The SMILES string of the molecule is CN(CC1(O)CCOCC1)c1cc2ccccc2c(=O)[nH]1. The lowest BCUT2D eigenvalue weighted by atomic mass is 9.94. The molecule has 1 aromatic carbocycles. The summed E-state index contributed by atoms with van der Waals surface area (Å²) in [6.07, 6.45) is 1.24. The molecule has 0 aliphatic carbocycles. The van der Waals surface area contributed by atoms with Crippen LogP contribution in [0.4, 0.5) is 5.82 Å². The Kier molecular flexibility index (Phi) is 3.69. The van der Waals surface area contributed by atoms with E-state index in [4.69, 9.17) is 4.74 Å². The molecule has 112 valence electrons. The second-order valence-electron chi connectivity index (χ2n) is 5.76. The molecule has 1 aliphatic rings. The monoisotopic (exact) mass is 288 g/mol. The van der Waals surface area contributed by atoms with Crippen LogP contribution in [0.1, 0.15) is 12.8 Å². The van der Waals surface area contributed by atoms with E-state index in [9.17, 15) is 9.90 Å². The van der Waals surface area contributed by atoms with E-state index < -0.39 is 5.60 Å². The number of hydrogen-bond donors (Lipinski definition) is 2. The lowest BCUT2D eigenvalue weighted by Gasteiger charge is -2.36. The summed E-state index contributed by atoms with van der Waals surface area (Å²) in [5.74, 6) is 0.721. The van der Waals surface area contributed by atoms with Crippen molar-refractivity contribution >= 4 is 16.6 Å². The predicted octanol–water partition coefficient (Wildman–Crippen LogP) is 1.51. The smallest absolute Gasteiger partial charge is 0.257 e. The lowest BCUT2D eigenvalue weighted by molar-refractivity contribution is -0.0573. The van der Waals surface area contributed by atoms with Crippen LogP contribution >= 0.6 is 0 Å². The van der Waals surface area contributed by atoms with Crippen molar-refractivity contribution in [2.24, 2.45) is 0 Å². The number of rotatable bonds is 3. The molecule has 1 aromatic heterocycles. The molecule has 0 unspecified atom stereocenters. The van der Waals surface area contributed by atoms with Crippen molar-refractivity contribution in [2.75, 3.05) is 31.7 Å². The van der Waals surface area contributed by atoms with Gasteiger partial charge < -0.3 is 19.7 Å². The highest BCUT2D eigenvalue weighted by Crippen LogP contribution is 2.24. The van der Waals surface area contributed by atoms with Crippen molar-refractivity contribution in [3.05, 3.63) is 40.7 Å². The molecular formula is C16H20N2O3. The first-order valence-corrected chi connectivity index (χ1v) is 7.21. The van der Waals surface area contributed by atoms with Crippen molar-refractivity contribution in [3.63, 3.8) is 0 Å². The van der Waals surface area contributed by atoms with Gasteiger partial charge in [-0.05, 0) is 17.5 Å². The average Bonchev–Trinajstić information content (AvgIpc) is 2.47. The highest BCUT2D eigenvalue weighted by molar-refractivity contribution is 5.83. The standard InChI is InChI=1S/C16H20N2O3/c1-18(11-16(20)6-8-21-9-7-16)14-10-12-4-2-3-5-13(12)15(19)17-14/h2-5,10,20H,6-9,11H2,1H3,(H,17,19). The molecule has 2 N–H and O–H groups in total. The number of hydrogen-bond acceptors (Lipinski definition) is 4. The third kappa shape index (κ3) is 2.94. The van der Waals surface area contributed by atoms with E-state index in [-0.39, 0.29) is 5.56 Å². The summed E-state index contributed by atoms with van der Waals surface area (Å²) in [6.45, 7) is 1.64. The van der Waals surface area contributed by atoms with Crippen molar-refractivity contribution in [2.45, 2.75) is 18.4 Å². The quantitative estimate of drug-likeness (QED) is 0.898. The molecule has 0 bridgehead atoms. The van der Waals surface area contributed by atoms with Gasteiger partial charge >= 0.3 is 0 Å². The molecule has 0 amide bonds. The van der Waals surface area contributed by atoms with Gasteiger partial charge in [0, 0.05) is 45.0 Å². The Labute approximate surface area is 123 Å². The van der Waals surface area contributed by atoms with Crippen molar-refractivity contribution in [1.82, 2.24) is 4.98 Å². The minimum atomic E-state index is -0.754. The molecule has 1 saturated heterocycles. The van der Waals surface area contributed by atoms with Gasteiger partial charge in [0.1, 0.15) is 5.82 Å². The lowest BCUT2D eigenvalue weighted by Crippen LogP contribution is -2.46. The Morgan fingerprint density at radius 3 is 2.81 bits per heavy atom. The van der Waals surface area contributed by atoms with E-state index in [1.54, 1.807) is 0 Å². The van der Waals surface area contributed by atoms with Crippen LogP contribution in [-0.4, -0.2) is 42.5 Å². The number of fused-ring (bicyclic) bond motifs is 1. The van der Waals surface area contributed by atoms with E-state index in [1.807, 2.05) is 42.3 Å². The Balaban J connectivity index is 1.87. The average molecular weight is 288 g/mol.